The molecular weight excluding hydrogens is 318 g/mol. The van der Waals surface area contributed by atoms with E-state index in [4.69, 9.17) is 4.74 Å². The number of benzene rings is 1. The molecule has 3 rings (SSSR count). The van der Waals surface area contributed by atoms with Crippen LogP contribution >= 0.6 is 0 Å². The van der Waals surface area contributed by atoms with Gasteiger partial charge in [0.2, 0.25) is 5.91 Å². The second kappa shape index (κ2) is 8.13. The number of hydrogen-bond acceptors (Lipinski definition) is 5. The molecule has 2 heterocycles. The molecule has 0 spiro atoms. The second-order valence-electron chi connectivity index (χ2n) is 6.22. The fourth-order valence-electron chi connectivity index (χ4n) is 3.11. The molecule has 0 radical (unpaired) electrons. The van der Waals surface area contributed by atoms with Crippen LogP contribution in [0, 0.1) is 0 Å². The highest BCUT2D eigenvalue weighted by Gasteiger charge is 2.28. The van der Waals surface area contributed by atoms with E-state index < -0.39 is 0 Å². The van der Waals surface area contributed by atoms with Crippen molar-refractivity contribution in [3.63, 3.8) is 0 Å². The molecule has 0 saturated carbocycles. The number of imidazole rings is 1. The van der Waals surface area contributed by atoms with Gasteiger partial charge >= 0.3 is 0 Å². The molecule has 0 bridgehead atoms. The number of methoxy groups -OCH3 is 1. The maximum absolute atomic E-state index is 12.4. The number of piperazine rings is 1. The molecule has 1 saturated heterocycles. The Labute approximate surface area is 148 Å². The van der Waals surface area contributed by atoms with Crippen molar-refractivity contribution >= 4 is 5.91 Å². The lowest BCUT2D eigenvalue weighted by molar-refractivity contribution is -0.123. The number of aromatic nitrogens is 2. The SMILES string of the molecule is COc1cccc(CNC(=O)CN2CCNCC2c2nccn2C)c1. The average Bonchev–Trinajstić information content (AvgIpc) is 3.06. The van der Waals surface area contributed by atoms with Crippen LogP contribution in [-0.2, 0) is 18.4 Å². The van der Waals surface area contributed by atoms with Crippen molar-refractivity contribution < 1.29 is 9.53 Å². The first-order chi connectivity index (χ1) is 12.2. The first-order valence-corrected chi connectivity index (χ1v) is 8.49. The molecule has 1 atom stereocenters. The molecule has 7 heteroatoms. The van der Waals surface area contributed by atoms with Crippen molar-refractivity contribution in [2.24, 2.45) is 7.05 Å². The minimum Gasteiger partial charge on any atom is -0.497 e. The summed E-state index contributed by atoms with van der Waals surface area (Å²) in [7, 11) is 3.62. The zero-order chi connectivity index (χ0) is 17.6. The standard InChI is InChI=1S/C18H25N5O2/c1-22-8-7-20-18(22)16-12-19-6-9-23(16)13-17(24)21-11-14-4-3-5-15(10-14)25-2/h3-5,7-8,10,16,19H,6,9,11-13H2,1-2H3,(H,21,24). The monoisotopic (exact) mass is 343 g/mol. The average molecular weight is 343 g/mol. The molecule has 1 aromatic carbocycles. The minimum atomic E-state index is 0.0175. The van der Waals surface area contributed by atoms with Gasteiger partial charge in [0.25, 0.3) is 0 Å². The Kier molecular flexibility index (Phi) is 5.67. The van der Waals surface area contributed by atoms with Crippen molar-refractivity contribution in [2.75, 3.05) is 33.3 Å². The van der Waals surface area contributed by atoms with E-state index in [0.29, 0.717) is 13.1 Å². The number of carbonyl (C=O) groups excluding carboxylic acids is 1. The minimum absolute atomic E-state index is 0.0175. The van der Waals surface area contributed by atoms with Gasteiger partial charge in [-0.15, -0.1) is 0 Å². The molecule has 25 heavy (non-hydrogen) atoms. The summed E-state index contributed by atoms with van der Waals surface area (Å²) in [4.78, 5) is 19.0. The van der Waals surface area contributed by atoms with Gasteiger partial charge in [-0.25, -0.2) is 4.98 Å². The predicted molar refractivity (Wildman–Crippen MR) is 95.2 cm³/mol. The van der Waals surface area contributed by atoms with Gasteiger partial charge in [-0.05, 0) is 17.7 Å². The van der Waals surface area contributed by atoms with Crippen LogP contribution in [0.2, 0.25) is 0 Å². The van der Waals surface area contributed by atoms with Gasteiger partial charge in [-0.1, -0.05) is 12.1 Å². The number of ether oxygens (including phenoxy) is 1. The third-order valence-electron chi connectivity index (χ3n) is 4.48. The molecule has 1 fully saturated rings. The van der Waals surface area contributed by atoms with E-state index in [1.54, 1.807) is 13.3 Å². The second-order valence-corrected chi connectivity index (χ2v) is 6.22. The lowest BCUT2D eigenvalue weighted by Gasteiger charge is -2.35. The molecule has 1 aromatic heterocycles. The van der Waals surface area contributed by atoms with Crippen LogP contribution in [0.5, 0.6) is 5.75 Å². The summed E-state index contributed by atoms with van der Waals surface area (Å²) in [6, 6.07) is 7.83. The largest absolute Gasteiger partial charge is 0.497 e. The number of nitrogens with zero attached hydrogens (tertiary/aromatic N) is 3. The van der Waals surface area contributed by atoms with Crippen LogP contribution < -0.4 is 15.4 Å². The number of amides is 1. The van der Waals surface area contributed by atoms with E-state index in [2.05, 4.69) is 20.5 Å². The Balaban J connectivity index is 1.58. The van der Waals surface area contributed by atoms with E-state index in [1.165, 1.54) is 0 Å². The van der Waals surface area contributed by atoms with Crippen molar-refractivity contribution in [3.05, 3.63) is 48.0 Å². The normalized spacial score (nSPS) is 18.1. The van der Waals surface area contributed by atoms with Crippen LogP contribution in [0.4, 0.5) is 0 Å². The topological polar surface area (TPSA) is 71.4 Å². The van der Waals surface area contributed by atoms with Crippen LogP contribution in [0.1, 0.15) is 17.4 Å². The first kappa shape index (κ1) is 17.4. The zero-order valence-electron chi connectivity index (χ0n) is 14.7. The number of nitrogens with one attached hydrogen (secondary N) is 2. The lowest BCUT2D eigenvalue weighted by atomic mass is 10.1. The van der Waals surface area contributed by atoms with Gasteiger partial charge in [0, 0.05) is 45.6 Å². The van der Waals surface area contributed by atoms with Gasteiger partial charge in [0.05, 0.1) is 19.7 Å². The number of carbonyl (C=O) groups is 1. The first-order valence-electron chi connectivity index (χ1n) is 8.49. The van der Waals surface area contributed by atoms with Crippen LogP contribution in [0.3, 0.4) is 0 Å². The third-order valence-corrected chi connectivity index (χ3v) is 4.48. The molecule has 1 aliphatic heterocycles. The fraction of sp³-hybridized carbons (Fsp3) is 0.444. The van der Waals surface area contributed by atoms with E-state index in [0.717, 1.165) is 36.8 Å². The summed E-state index contributed by atoms with van der Waals surface area (Å²) in [5, 5.41) is 6.38. The number of hydrogen-bond donors (Lipinski definition) is 2. The summed E-state index contributed by atoms with van der Waals surface area (Å²) < 4.78 is 7.23. The molecule has 1 unspecified atom stereocenters. The maximum atomic E-state index is 12.4. The van der Waals surface area contributed by atoms with Crippen molar-refractivity contribution in [3.8, 4) is 5.75 Å². The fourth-order valence-corrected chi connectivity index (χ4v) is 3.11. The zero-order valence-corrected chi connectivity index (χ0v) is 14.7. The molecule has 134 valence electrons. The van der Waals surface area contributed by atoms with Crippen molar-refractivity contribution in [2.45, 2.75) is 12.6 Å². The predicted octanol–water partition coefficient (Wildman–Crippen LogP) is 0.691. The Morgan fingerprint density at radius 2 is 2.36 bits per heavy atom. The smallest absolute Gasteiger partial charge is 0.234 e. The van der Waals surface area contributed by atoms with Gasteiger partial charge in [-0.3, -0.25) is 9.69 Å². The Morgan fingerprint density at radius 1 is 1.48 bits per heavy atom. The molecule has 1 aliphatic rings. The van der Waals surface area contributed by atoms with Gasteiger partial charge < -0.3 is 19.9 Å². The van der Waals surface area contributed by atoms with E-state index in [-0.39, 0.29) is 11.9 Å². The molecule has 0 aliphatic carbocycles. The Bertz CT molecular complexity index is 715. The summed E-state index contributed by atoms with van der Waals surface area (Å²) in [5.41, 5.74) is 1.02. The summed E-state index contributed by atoms with van der Waals surface area (Å²) >= 11 is 0. The molecule has 7 nitrogen and oxygen atoms in total. The van der Waals surface area contributed by atoms with Crippen molar-refractivity contribution in [1.82, 2.24) is 25.1 Å². The van der Waals surface area contributed by atoms with Crippen molar-refractivity contribution in [1.29, 1.82) is 0 Å². The maximum Gasteiger partial charge on any atom is 0.234 e. The quantitative estimate of drug-likeness (QED) is 0.808. The van der Waals surface area contributed by atoms with Gasteiger partial charge in [0.15, 0.2) is 0 Å². The summed E-state index contributed by atoms with van der Waals surface area (Å²) in [5.74, 6) is 1.79. The third kappa shape index (κ3) is 4.37. The Hall–Kier alpha value is -2.38. The van der Waals surface area contributed by atoms with E-state index in [1.807, 2.05) is 42.1 Å². The molecule has 2 aromatic rings. The summed E-state index contributed by atoms with van der Waals surface area (Å²) in [6.07, 6.45) is 3.73. The van der Waals surface area contributed by atoms with Crippen LogP contribution in [-0.4, -0.2) is 53.6 Å². The van der Waals surface area contributed by atoms with Gasteiger partial charge in [-0.2, -0.15) is 0 Å². The van der Waals surface area contributed by atoms with E-state index >= 15 is 0 Å². The summed E-state index contributed by atoms with van der Waals surface area (Å²) in [6.45, 7) is 3.36. The highest BCUT2D eigenvalue weighted by molar-refractivity contribution is 5.78. The molecule has 2 N–H and O–H groups in total. The van der Waals surface area contributed by atoms with Crippen LogP contribution in [0.25, 0.3) is 0 Å². The van der Waals surface area contributed by atoms with Crippen LogP contribution in [0.15, 0.2) is 36.7 Å². The highest BCUT2D eigenvalue weighted by atomic mass is 16.5. The highest BCUT2D eigenvalue weighted by Crippen LogP contribution is 2.19. The number of aryl methyl sites for hydroxylation is 1. The molecular formula is C18H25N5O2. The molecule has 1 amide bonds. The Morgan fingerprint density at radius 3 is 3.12 bits per heavy atom. The van der Waals surface area contributed by atoms with Gasteiger partial charge in [0.1, 0.15) is 11.6 Å². The lowest BCUT2D eigenvalue weighted by Crippen LogP contribution is -2.50. The van der Waals surface area contributed by atoms with E-state index in [9.17, 15) is 4.79 Å². The number of rotatable bonds is 6.